The van der Waals surface area contributed by atoms with Gasteiger partial charge in [-0.2, -0.15) is 5.10 Å². The standard InChI is InChI=1S/C16H22ClN3O/c17-16-2-1-12(18-19-16)7-13-14-9-20(10-15(13)14)8-11-3-5-21-6-4-11/h1-2,11,13-15H,3-10H2/t13?,14-,15+. The maximum atomic E-state index is 5.78. The smallest absolute Gasteiger partial charge is 0.151 e. The molecule has 1 unspecified atom stereocenters. The predicted molar refractivity (Wildman–Crippen MR) is 81.2 cm³/mol. The zero-order valence-corrected chi connectivity index (χ0v) is 13.0. The van der Waals surface area contributed by atoms with Crippen LogP contribution in [0.2, 0.25) is 5.15 Å². The van der Waals surface area contributed by atoms with Crippen molar-refractivity contribution in [1.29, 1.82) is 0 Å². The quantitative estimate of drug-likeness (QED) is 0.855. The van der Waals surface area contributed by atoms with Crippen molar-refractivity contribution in [3.63, 3.8) is 0 Å². The van der Waals surface area contributed by atoms with Crippen molar-refractivity contribution in [3.8, 4) is 0 Å². The Balaban J connectivity index is 1.24. The van der Waals surface area contributed by atoms with Crippen molar-refractivity contribution in [2.45, 2.75) is 19.3 Å². The van der Waals surface area contributed by atoms with Crippen molar-refractivity contribution in [2.75, 3.05) is 32.8 Å². The normalized spacial score (nSPS) is 33.1. The first-order valence-electron chi connectivity index (χ1n) is 8.08. The molecule has 0 amide bonds. The van der Waals surface area contributed by atoms with E-state index in [2.05, 4.69) is 15.1 Å². The topological polar surface area (TPSA) is 38.2 Å². The van der Waals surface area contributed by atoms with Gasteiger partial charge in [-0.25, -0.2) is 0 Å². The lowest BCUT2D eigenvalue weighted by Gasteiger charge is -2.28. The van der Waals surface area contributed by atoms with Crippen molar-refractivity contribution in [1.82, 2.24) is 15.1 Å². The molecular weight excluding hydrogens is 286 g/mol. The van der Waals surface area contributed by atoms with Gasteiger partial charge in [-0.15, -0.1) is 5.10 Å². The van der Waals surface area contributed by atoms with Crippen molar-refractivity contribution in [2.24, 2.45) is 23.7 Å². The van der Waals surface area contributed by atoms with Gasteiger partial charge in [0.25, 0.3) is 0 Å². The van der Waals surface area contributed by atoms with E-state index in [1.165, 1.54) is 32.5 Å². The molecule has 2 saturated heterocycles. The van der Waals surface area contributed by atoms with E-state index in [4.69, 9.17) is 16.3 Å². The summed E-state index contributed by atoms with van der Waals surface area (Å²) >= 11 is 5.78. The zero-order valence-electron chi connectivity index (χ0n) is 12.2. The molecule has 3 atom stereocenters. The van der Waals surface area contributed by atoms with Crippen LogP contribution in [0.3, 0.4) is 0 Å². The van der Waals surface area contributed by atoms with Gasteiger partial charge < -0.3 is 9.64 Å². The first-order chi connectivity index (χ1) is 10.3. The van der Waals surface area contributed by atoms with E-state index in [1.54, 1.807) is 0 Å². The average Bonchev–Trinajstić information content (AvgIpc) is 2.94. The van der Waals surface area contributed by atoms with Gasteiger partial charge in [0.15, 0.2) is 5.15 Å². The molecule has 1 aliphatic carbocycles. The van der Waals surface area contributed by atoms with Crippen LogP contribution < -0.4 is 0 Å². The zero-order chi connectivity index (χ0) is 14.2. The molecule has 3 heterocycles. The SMILES string of the molecule is Clc1ccc(CC2[C@H]3CN(CC4CCOCC4)C[C@@H]23)nn1. The van der Waals surface area contributed by atoms with Crippen LogP contribution in [0, 0.1) is 23.7 Å². The highest BCUT2D eigenvalue weighted by Gasteiger charge is 2.55. The fraction of sp³-hybridized carbons (Fsp3) is 0.750. The van der Waals surface area contributed by atoms with Crippen LogP contribution in [-0.4, -0.2) is 47.9 Å². The molecule has 0 aromatic carbocycles. The third-order valence-corrected chi connectivity index (χ3v) is 5.64. The second-order valence-corrected chi connectivity index (χ2v) is 7.20. The van der Waals surface area contributed by atoms with Gasteiger partial charge in [0.1, 0.15) is 0 Å². The molecule has 1 aromatic rings. The number of likely N-dealkylation sites (tertiary alicyclic amines) is 1. The fourth-order valence-corrected chi connectivity index (χ4v) is 4.28. The molecule has 114 valence electrons. The summed E-state index contributed by atoms with van der Waals surface area (Å²) in [6, 6.07) is 3.86. The lowest BCUT2D eigenvalue weighted by atomic mass is 9.99. The van der Waals surface area contributed by atoms with Crippen LogP contribution in [0.25, 0.3) is 0 Å². The molecule has 4 rings (SSSR count). The van der Waals surface area contributed by atoms with Crippen molar-refractivity contribution >= 4 is 11.6 Å². The molecule has 0 bridgehead atoms. The summed E-state index contributed by atoms with van der Waals surface area (Å²) in [6.07, 6.45) is 3.57. The average molecular weight is 308 g/mol. The summed E-state index contributed by atoms with van der Waals surface area (Å²) in [5.74, 6) is 3.47. The molecule has 0 radical (unpaired) electrons. The third kappa shape index (κ3) is 3.08. The van der Waals surface area contributed by atoms with Crippen LogP contribution in [0.4, 0.5) is 0 Å². The summed E-state index contributed by atoms with van der Waals surface area (Å²) in [7, 11) is 0. The number of piperidine rings is 1. The highest BCUT2D eigenvalue weighted by Crippen LogP contribution is 2.53. The molecule has 3 aliphatic rings. The van der Waals surface area contributed by atoms with Gasteiger partial charge >= 0.3 is 0 Å². The third-order valence-electron chi connectivity index (χ3n) is 5.44. The molecule has 1 aromatic heterocycles. The van der Waals surface area contributed by atoms with Crippen LogP contribution in [-0.2, 0) is 11.2 Å². The molecular formula is C16H22ClN3O. The van der Waals surface area contributed by atoms with Crippen LogP contribution in [0.1, 0.15) is 18.5 Å². The Morgan fingerprint density at radius 2 is 1.90 bits per heavy atom. The Bertz CT molecular complexity index is 477. The molecule has 2 aliphatic heterocycles. The maximum absolute atomic E-state index is 5.78. The lowest BCUT2D eigenvalue weighted by molar-refractivity contribution is 0.0535. The second-order valence-electron chi connectivity index (χ2n) is 6.82. The Morgan fingerprint density at radius 3 is 2.57 bits per heavy atom. The fourth-order valence-electron chi connectivity index (χ4n) is 4.18. The number of rotatable bonds is 4. The van der Waals surface area contributed by atoms with Gasteiger partial charge in [-0.05, 0) is 55.1 Å². The lowest BCUT2D eigenvalue weighted by Crippen LogP contribution is -2.33. The van der Waals surface area contributed by atoms with Gasteiger partial charge in [-0.1, -0.05) is 11.6 Å². The Hall–Kier alpha value is -0.710. The summed E-state index contributed by atoms with van der Waals surface area (Å²) in [4.78, 5) is 2.68. The summed E-state index contributed by atoms with van der Waals surface area (Å²) < 4.78 is 5.45. The minimum atomic E-state index is 0.484. The minimum absolute atomic E-state index is 0.484. The van der Waals surface area contributed by atoms with E-state index in [-0.39, 0.29) is 0 Å². The summed E-state index contributed by atoms with van der Waals surface area (Å²) in [5.41, 5.74) is 1.09. The van der Waals surface area contributed by atoms with Gasteiger partial charge in [-0.3, -0.25) is 0 Å². The van der Waals surface area contributed by atoms with Crippen LogP contribution in [0.5, 0.6) is 0 Å². The van der Waals surface area contributed by atoms with Crippen molar-refractivity contribution in [3.05, 3.63) is 23.0 Å². The molecule has 4 nitrogen and oxygen atoms in total. The monoisotopic (exact) mass is 307 g/mol. The van der Waals surface area contributed by atoms with Crippen LogP contribution >= 0.6 is 11.6 Å². The first kappa shape index (κ1) is 13.9. The Labute approximate surface area is 130 Å². The highest BCUT2D eigenvalue weighted by molar-refractivity contribution is 6.29. The molecule has 3 fully saturated rings. The van der Waals surface area contributed by atoms with Gasteiger partial charge in [0.2, 0.25) is 0 Å². The predicted octanol–water partition coefficient (Wildman–Crippen LogP) is 2.28. The largest absolute Gasteiger partial charge is 0.381 e. The van der Waals surface area contributed by atoms with E-state index >= 15 is 0 Å². The highest BCUT2D eigenvalue weighted by atomic mass is 35.5. The molecule has 5 heteroatoms. The van der Waals surface area contributed by atoms with E-state index in [9.17, 15) is 0 Å². The number of halogens is 1. The summed E-state index contributed by atoms with van der Waals surface area (Å²) in [6.45, 7) is 5.78. The second kappa shape index (κ2) is 5.82. The summed E-state index contributed by atoms with van der Waals surface area (Å²) in [5, 5.41) is 8.61. The van der Waals surface area contributed by atoms with E-state index in [0.717, 1.165) is 49.0 Å². The van der Waals surface area contributed by atoms with Gasteiger partial charge in [0.05, 0.1) is 5.69 Å². The molecule has 0 N–H and O–H groups in total. The van der Waals surface area contributed by atoms with E-state index < -0.39 is 0 Å². The number of fused-ring (bicyclic) bond motifs is 1. The van der Waals surface area contributed by atoms with E-state index in [1.807, 2.05) is 12.1 Å². The Kier molecular flexibility index (Phi) is 3.86. The number of ether oxygens (including phenoxy) is 1. The molecule has 0 spiro atoms. The number of aromatic nitrogens is 2. The van der Waals surface area contributed by atoms with Crippen molar-refractivity contribution < 1.29 is 4.74 Å². The van der Waals surface area contributed by atoms with Crippen LogP contribution in [0.15, 0.2) is 12.1 Å². The van der Waals surface area contributed by atoms with E-state index in [0.29, 0.717) is 5.15 Å². The van der Waals surface area contributed by atoms with Gasteiger partial charge in [0, 0.05) is 32.8 Å². The minimum Gasteiger partial charge on any atom is -0.381 e. The molecule has 1 saturated carbocycles. The number of hydrogen-bond donors (Lipinski definition) is 0. The maximum Gasteiger partial charge on any atom is 0.151 e. The first-order valence-corrected chi connectivity index (χ1v) is 8.45. The Morgan fingerprint density at radius 1 is 1.14 bits per heavy atom. The number of nitrogens with zero attached hydrogens (tertiary/aromatic N) is 3. The molecule has 21 heavy (non-hydrogen) atoms. The number of hydrogen-bond acceptors (Lipinski definition) is 4.